The van der Waals surface area contributed by atoms with E-state index < -0.39 is 0 Å². The van der Waals surface area contributed by atoms with Crippen LogP contribution in [0.1, 0.15) is 62.4 Å². The highest BCUT2D eigenvalue weighted by atomic mass is 16.2. The van der Waals surface area contributed by atoms with Gasteiger partial charge in [-0.15, -0.1) is 0 Å². The number of amides is 2. The molecule has 0 saturated carbocycles. The SMILES string of the molecule is Cc1nc(C2CCN(C(=O)CCN3CCCCCC3=O)CC2)cc(=O)[nH]1. The molecule has 2 amide bonds. The standard InChI is InChI=1S/C19H28N4O3/c1-14-20-16(13-17(24)21-14)15-6-10-23(11-7-15)19(26)8-12-22-9-4-2-3-5-18(22)25/h13,15H,2-12H2,1H3,(H,20,21,24). The summed E-state index contributed by atoms with van der Waals surface area (Å²) in [6, 6.07) is 1.57. The summed E-state index contributed by atoms with van der Waals surface area (Å²) in [5.41, 5.74) is 0.710. The van der Waals surface area contributed by atoms with Crippen LogP contribution in [0.4, 0.5) is 0 Å². The summed E-state index contributed by atoms with van der Waals surface area (Å²) in [5, 5.41) is 0. The Morgan fingerprint density at radius 3 is 2.69 bits per heavy atom. The van der Waals surface area contributed by atoms with Crippen molar-refractivity contribution in [1.82, 2.24) is 19.8 Å². The third-order valence-corrected chi connectivity index (χ3v) is 5.41. The summed E-state index contributed by atoms with van der Waals surface area (Å²) in [4.78, 5) is 47.0. The van der Waals surface area contributed by atoms with Crippen molar-refractivity contribution < 1.29 is 9.59 Å². The topological polar surface area (TPSA) is 86.4 Å². The zero-order valence-corrected chi connectivity index (χ0v) is 15.5. The second-order valence-electron chi connectivity index (χ2n) is 7.35. The van der Waals surface area contributed by atoms with Gasteiger partial charge < -0.3 is 14.8 Å². The lowest BCUT2D eigenvalue weighted by Crippen LogP contribution is -2.40. The molecular formula is C19H28N4O3. The van der Waals surface area contributed by atoms with Crippen LogP contribution < -0.4 is 5.56 Å². The molecule has 2 aliphatic rings. The smallest absolute Gasteiger partial charge is 0.251 e. The molecule has 0 aliphatic carbocycles. The number of carbonyl (C=O) groups excluding carboxylic acids is 2. The minimum Gasteiger partial charge on any atom is -0.343 e. The van der Waals surface area contributed by atoms with Crippen LogP contribution >= 0.6 is 0 Å². The zero-order chi connectivity index (χ0) is 18.5. The Morgan fingerprint density at radius 2 is 1.96 bits per heavy atom. The number of H-pyrrole nitrogens is 1. The minimum absolute atomic E-state index is 0.117. The van der Waals surface area contributed by atoms with Gasteiger partial charge in [0.15, 0.2) is 0 Å². The molecule has 0 aromatic carbocycles. The second-order valence-corrected chi connectivity index (χ2v) is 7.35. The molecule has 3 heterocycles. The highest BCUT2D eigenvalue weighted by Gasteiger charge is 2.26. The van der Waals surface area contributed by atoms with Crippen LogP contribution in [0.15, 0.2) is 10.9 Å². The predicted octanol–water partition coefficient (Wildman–Crippen LogP) is 1.58. The van der Waals surface area contributed by atoms with E-state index in [4.69, 9.17) is 0 Å². The molecule has 1 aromatic rings. The van der Waals surface area contributed by atoms with E-state index >= 15 is 0 Å². The van der Waals surface area contributed by atoms with Gasteiger partial charge in [-0.1, -0.05) is 6.42 Å². The van der Waals surface area contributed by atoms with E-state index in [2.05, 4.69) is 9.97 Å². The van der Waals surface area contributed by atoms with Crippen molar-refractivity contribution in [3.8, 4) is 0 Å². The molecule has 1 aromatic heterocycles. The van der Waals surface area contributed by atoms with Gasteiger partial charge in [-0.05, 0) is 32.6 Å². The Bertz CT molecular complexity index is 707. The fourth-order valence-corrected chi connectivity index (χ4v) is 3.90. The summed E-state index contributed by atoms with van der Waals surface area (Å²) >= 11 is 0. The summed E-state index contributed by atoms with van der Waals surface area (Å²) in [5.74, 6) is 1.17. The first-order valence-electron chi connectivity index (χ1n) is 9.66. The van der Waals surface area contributed by atoms with E-state index in [9.17, 15) is 14.4 Å². The normalized spacial score (nSPS) is 19.5. The maximum Gasteiger partial charge on any atom is 0.251 e. The summed E-state index contributed by atoms with van der Waals surface area (Å²) in [7, 11) is 0. The van der Waals surface area contributed by atoms with Gasteiger partial charge >= 0.3 is 0 Å². The highest BCUT2D eigenvalue weighted by molar-refractivity contribution is 5.79. The number of aromatic nitrogens is 2. The molecule has 2 saturated heterocycles. The van der Waals surface area contributed by atoms with Crippen molar-refractivity contribution in [2.45, 2.75) is 57.8 Å². The number of likely N-dealkylation sites (tertiary alicyclic amines) is 2. The number of rotatable bonds is 4. The maximum atomic E-state index is 12.5. The first-order valence-corrected chi connectivity index (χ1v) is 9.66. The third-order valence-electron chi connectivity index (χ3n) is 5.41. The van der Waals surface area contributed by atoms with Crippen molar-refractivity contribution >= 4 is 11.8 Å². The Hall–Kier alpha value is -2.18. The number of carbonyl (C=O) groups is 2. The summed E-state index contributed by atoms with van der Waals surface area (Å²) < 4.78 is 0. The first-order chi connectivity index (χ1) is 12.5. The monoisotopic (exact) mass is 360 g/mol. The van der Waals surface area contributed by atoms with E-state index in [1.165, 1.54) is 0 Å². The number of piperidine rings is 1. The van der Waals surface area contributed by atoms with Crippen molar-refractivity contribution in [2.24, 2.45) is 0 Å². The number of nitrogens with one attached hydrogen (secondary N) is 1. The maximum absolute atomic E-state index is 12.5. The lowest BCUT2D eigenvalue weighted by molar-refractivity contribution is -0.134. The van der Waals surface area contributed by atoms with Crippen molar-refractivity contribution in [3.63, 3.8) is 0 Å². The molecule has 142 valence electrons. The minimum atomic E-state index is -0.117. The Labute approximate surface area is 153 Å². The van der Waals surface area contributed by atoms with Gasteiger partial charge in [0.1, 0.15) is 5.82 Å². The molecular weight excluding hydrogens is 332 g/mol. The van der Waals surface area contributed by atoms with Crippen LogP contribution in [0.3, 0.4) is 0 Å². The molecule has 0 unspecified atom stereocenters. The molecule has 0 atom stereocenters. The highest BCUT2D eigenvalue weighted by Crippen LogP contribution is 2.26. The molecule has 7 heteroatoms. The molecule has 1 N–H and O–H groups in total. The van der Waals surface area contributed by atoms with E-state index in [-0.39, 0.29) is 23.3 Å². The molecule has 0 spiro atoms. The Morgan fingerprint density at radius 1 is 1.19 bits per heavy atom. The van der Waals surface area contributed by atoms with E-state index in [0.29, 0.717) is 38.3 Å². The van der Waals surface area contributed by atoms with Gasteiger partial charge in [-0.2, -0.15) is 0 Å². The number of aromatic amines is 1. The average molecular weight is 360 g/mol. The molecule has 0 bridgehead atoms. The lowest BCUT2D eigenvalue weighted by Gasteiger charge is -2.32. The molecule has 3 rings (SSSR count). The number of nitrogens with zero attached hydrogens (tertiary/aromatic N) is 3. The predicted molar refractivity (Wildman–Crippen MR) is 97.8 cm³/mol. The van der Waals surface area contributed by atoms with Crippen molar-refractivity contribution in [3.05, 3.63) is 27.9 Å². The van der Waals surface area contributed by atoms with Crippen molar-refractivity contribution in [2.75, 3.05) is 26.2 Å². The van der Waals surface area contributed by atoms with E-state index in [1.807, 2.05) is 9.80 Å². The Balaban J connectivity index is 1.48. The van der Waals surface area contributed by atoms with Crippen LogP contribution in [-0.2, 0) is 9.59 Å². The average Bonchev–Trinajstić information content (AvgIpc) is 2.83. The van der Waals surface area contributed by atoms with Gasteiger partial charge in [0, 0.05) is 51.0 Å². The van der Waals surface area contributed by atoms with Crippen molar-refractivity contribution in [1.29, 1.82) is 0 Å². The lowest BCUT2D eigenvalue weighted by atomic mass is 9.93. The fourth-order valence-electron chi connectivity index (χ4n) is 3.90. The van der Waals surface area contributed by atoms with Gasteiger partial charge in [-0.3, -0.25) is 14.4 Å². The summed E-state index contributed by atoms with van der Waals surface area (Å²) in [6.07, 6.45) is 5.76. The van der Waals surface area contributed by atoms with E-state index in [0.717, 1.165) is 44.3 Å². The zero-order valence-electron chi connectivity index (χ0n) is 15.5. The van der Waals surface area contributed by atoms with Gasteiger partial charge in [0.2, 0.25) is 11.8 Å². The molecule has 2 aliphatic heterocycles. The fraction of sp³-hybridized carbons (Fsp3) is 0.684. The van der Waals surface area contributed by atoms with Crippen LogP contribution in [0, 0.1) is 6.92 Å². The van der Waals surface area contributed by atoms with E-state index in [1.54, 1.807) is 13.0 Å². The largest absolute Gasteiger partial charge is 0.343 e. The molecule has 2 fully saturated rings. The quantitative estimate of drug-likeness (QED) is 0.883. The van der Waals surface area contributed by atoms with Crippen LogP contribution in [0.5, 0.6) is 0 Å². The summed E-state index contributed by atoms with van der Waals surface area (Å²) in [6.45, 7) is 4.47. The molecule has 0 radical (unpaired) electrons. The number of hydrogen-bond acceptors (Lipinski definition) is 4. The Kier molecular flexibility index (Phi) is 6.06. The van der Waals surface area contributed by atoms with Gasteiger partial charge in [-0.25, -0.2) is 4.98 Å². The third kappa shape index (κ3) is 4.71. The van der Waals surface area contributed by atoms with Gasteiger partial charge in [0.25, 0.3) is 5.56 Å². The molecule has 7 nitrogen and oxygen atoms in total. The van der Waals surface area contributed by atoms with Crippen LogP contribution in [0.25, 0.3) is 0 Å². The van der Waals surface area contributed by atoms with Crippen LogP contribution in [0.2, 0.25) is 0 Å². The van der Waals surface area contributed by atoms with Gasteiger partial charge in [0.05, 0.1) is 5.69 Å². The number of hydrogen-bond donors (Lipinski definition) is 1. The van der Waals surface area contributed by atoms with Crippen LogP contribution in [-0.4, -0.2) is 57.8 Å². The molecule has 26 heavy (non-hydrogen) atoms. The second kappa shape index (κ2) is 8.47. The first kappa shape index (κ1) is 18.6. The number of aryl methyl sites for hydroxylation is 1.